The topological polar surface area (TPSA) is 95.0 Å². The summed E-state index contributed by atoms with van der Waals surface area (Å²) >= 11 is 0. The summed E-state index contributed by atoms with van der Waals surface area (Å²) in [6.45, 7) is 0. The summed E-state index contributed by atoms with van der Waals surface area (Å²) in [7, 11) is 7.37. The highest BCUT2D eigenvalue weighted by Crippen LogP contribution is 2.37. The fourth-order valence-corrected chi connectivity index (χ4v) is 3.23. The summed E-state index contributed by atoms with van der Waals surface area (Å²) in [6.07, 6.45) is 5.53. The van der Waals surface area contributed by atoms with Crippen molar-refractivity contribution in [1.82, 2.24) is 24.7 Å². The van der Waals surface area contributed by atoms with Gasteiger partial charge in [-0.2, -0.15) is 5.10 Å². The van der Waals surface area contributed by atoms with Gasteiger partial charge in [-0.15, -0.1) is 0 Å². The molecule has 28 heavy (non-hydrogen) atoms. The van der Waals surface area contributed by atoms with Crippen molar-refractivity contribution in [2.24, 2.45) is 7.05 Å². The number of fused-ring (bicyclic) bond motifs is 1. The minimum atomic E-state index is 0.192. The molecule has 0 radical (unpaired) electrons. The zero-order valence-corrected chi connectivity index (χ0v) is 16.2. The molecule has 0 aliphatic rings. The number of hydrogen-bond acceptors (Lipinski definition) is 7. The summed E-state index contributed by atoms with van der Waals surface area (Å²) in [5, 5.41) is 5.10. The monoisotopic (exact) mass is 375 g/mol. The molecule has 0 aliphatic carbocycles. The zero-order valence-electron chi connectivity index (χ0n) is 16.2. The Morgan fingerprint density at radius 1 is 1.11 bits per heavy atom. The van der Waals surface area contributed by atoms with Gasteiger partial charge in [-0.3, -0.25) is 4.68 Å². The molecule has 3 heterocycles. The van der Waals surface area contributed by atoms with E-state index in [-0.39, 0.29) is 5.95 Å². The number of anilines is 2. The van der Waals surface area contributed by atoms with Crippen LogP contribution in [0.4, 0.5) is 11.8 Å². The number of rotatable bonds is 4. The van der Waals surface area contributed by atoms with Crippen molar-refractivity contribution in [3.63, 3.8) is 0 Å². The second kappa shape index (κ2) is 6.80. The highest BCUT2D eigenvalue weighted by molar-refractivity contribution is 5.99. The third-order valence-corrected chi connectivity index (χ3v) is 4.53. The van der Waals surface area contributed by atoms with Gasteiger partial charge in [0.25, 0.3) is 0 Å². The Labute approximate surface area is 162 Å². The highest BCUT2D eigenvalue weighted by atomic mass is 16.5. The van der Waals surface area contributed by atoms with Gasteiger partial charge < -0.3 is 15.4 Å². The molecular formula is C20H21N7O. The van der Waals surface area contributed by atoms with Crippen molar-refractivity contribution in [2.45, 2.75) is 0 Å². The number of hydrogen-bond donors (Lipinski definition) is 1. The summed E-state index contributed by atoms with van der Waals surface area (Å²) in [6, 6.07) is 7.88. The number of nitrogen functional groups attached to an aromatic ring is 1. The Morgan fingerprint density at radius 3 is 2.61 bits per heavy atom. The van der Waals surface area contributed by atoms with Crippen LogP contribution in [0.1, 0.15) is 0 Å². The number of benzene rings is 1. The molecule has 4 aromatic rings. The first-order valence-corrected chi connectivity index (χ1v) is 8.75. The van der Waals surface area contributed by atoms with Crippen LogP contribution in [0.2, 0.25) is 0 Å². The van der Waals surface area contributed by atoms with Gasteiger partial charge in [0.1, 0.15) is 11.3 Å². The van der Waals surface area contributed by atoms with Crippen molar-refractivity contribution in [2.75, 3.05) is 31.8 Å². The average molecular weight is 375 g/mol. The lowest BCUT2D eigenvalue weighted by Gasteiger charge is -2.16. The number of aryl methyl sites for hydroxylation is 1. The normalized spacial score (nSPS) is 11.0. The molecule has 142 valence electrons. The number of methoxy groups -OCH3 is 1. The first kappa shape index (κ1) is 17.7. The fourth-order valence-electron chi connectivity index (χ4n) is 3.23. The Hall–Kier alpha value is -3.68. The molecule has 0 spiro atoms. The number of aromatic nitrogens is 5. The maximum Gasteiger partial charge on any atom is 0.221 e. The molecule has 8 nitrogen and oxygen atoms in total. The van der Waals surface area contributed by atoms with Gasteiger partial charge in [-0.05, 0) is 23.8 Å². The minimum Gasteiger partial charge on any atom is -0.496 e. The largest absolute Gasteiger partial charge is 0.496 e. The Morgan fingerprint density at radius 2 is 1.93 bits per heavy atom. The van der Waals surface area contributed by atoms with Crippen molar-refractivity contribution >= 4 is 22.7 Å². The lowest BCUT2D eigenvalue weighted by Crippen LogP contribution is -2.12. The van der Waals surface area contributed by atoms with E-state index in [1.54, 1.807) is 18.0 Å². The second-order valence-corrected chi connectivity index (χ2v) is 6.67. The fraction of sp³-hybridized carbons (Fsp3) is 0.200. The third-order valence-electron chi connectivity index (χ3n) is 4.53. The number of pyridine rings is 1. The van der Waals surface area contributed by atoms with Gasteiger partial charge in [-0.25, -0.2) is 15.0 Å². The van der Waals surface area contributed by atoms with Gasteiger partial charge in [0, 0.05) is 50.0 Å². The van der Waals surface area contributed by atoms with E-state index in [1.807, 2.05) is 62.7 Å². The first-order valence-electron chi connectivity index (χ1n) is 8.75. The molecule has 0 saturated heterocycles. The maximum atomic E-state index is 6.03. The number of ether oxygens (including phenoxy) is 1. The molecule has 3 aromatic heterocycles. The molecule has 0 fully saturated rings. The van der Waals surface area contributed by atoms with Crippen LogP contribution in [0.15, 0.2) is 42.9 Å². The summed E-state index contributed by atoms with van der Waals surface area (Å²) in [5.41, 5.74) is 10.3. The molecular weight excluding hydrogens is 354 g/mol. The van der Waals surface area contributed by atoms with Crippen LogP contribution in [0, 0.1) is 0 Å². The Bertz CT molecular complexity index is 1170. The van der Waals surface area contributed by atoms with E-state index in [4.69, 9.17) is 10.5 Å². The van der Waals surface area contributed by atoms with Crippen molar-refractivity contribution in [3.8, 4) is 28.1 Å². The molecule has 4 rings (SSSR count). The molecule has 0 saturated carbocycles. The van der Waals surface area contributed by atoms with Crippen molar-refractivity contribution in [3.05, 3.63) is 42.9 Å². The quantitative estimate of drug-likeness (QED) is 0.586. The van der Waals surface area contributed by atoms with E-state index in [2.05, 4.69) is 20.1 Å². The van der Waals surface area contributed by atoms with Crippen LogP contribution in [0.5, 0.6) is 5.75 Å². The standard InChI is InChI=1S/C20H21N7O/c1-26(2)19-18-15(7-8-22-19)17(24-20(21)25-18)14-6-5-12(9-16(14)28-4)13-10-23-27(3)11-13/h5-11H,1-4H3,(H2,21,24,25). The van der Waals surface area contributed by atoms with E-state index in [0.717, 1.165) is 27.9 Å². The van der Waals surface area contributed by atoms with Crippen LogP contribution in [-0.2, 0) is 7.05 Å². The third kappa shape index (κ3) is 2.98. The van der Waals surface area contributed by atoms with E-state index >= 15 is 0 Å². The van der Waals surface area contributed by atoms with Crippen LogP contribution in [0.3, 0.4) is 0 Å². The predicted molar refractivity (Wildman–Crippen MR) is 110 cm³/mol. The van der Waals surface area contributed by atoms with Gasteiger partial charge in [-0.1, -0.05) is 6.07 Å². The Balaban J connectivity index is 1.94. The van der Waals surface area contributed by atoms with Gasteiger partial charge in [0.05, 0.1) is 19.0 Å². The SMILES string of the molecule is COc1cc(-c2cnn(C)c2)ccc1-c1nc(N)nc2c(N(C)C)nccc12. The molecule has 8 heteroatoms. The predicted octanol–water partition coefficient (Wildman–Crippen LogP) is 2.75. The highest BCUT2D eigenvalue weighted by Gasteiger charge is 2.17. The lowest BCUT2D eigenvalue weighted by molar-refractivity contribution is 0.416. The molecule has 2 N–H and O–H groups in total. The average Bonchev–Trinajstić information content (AvgIpc) is 3.12. The molecule has 0 amide bonds. The maximum absolute atomic E-state index is 6.03. The molecule has 0 atom stereocenters. The zero-order chi connectivity index (χ0) is 19.8. The Kier molecular flexibility index (Phi) is 4.31. The lowest BCUT2D eigenvalue weighted by atomic mass is 10.0. The summed E-state index contributed by atoms with van der Waals surface area (Å²) in [5.74, 6) is 1.62. The van der Waals surface area contributed by atoms with Crippen LogP contribution in [0.25, 0.3) is 33.3 Å². The van der Waals surface area contributed by atoms with Gasteiger partial charge >= 0.3 is 0 Å². The van der Waals surface area contributed by atoms with E-state index in [0.29, 0.717) is 17.0 Å². The van der Waals surface area contributed by atoms with E-state index in [9.17, 15) is 0 Å². The molecule has 1 aromatic carbocycles. The van der Waals surface area contributed by atoms with Crippen LogP contribution >= 0.6 is 0 Å². The van der Waals surface area contributed by atoms with Crippen LogP contribution < -0.4 is 15.4 Å². The molecule has 0 aliphatic heterocycles. The van der Waals surface area contributed by atoms with Crippen molar-refractivity contribution < 1.29 is 4.74 Å². The second-order valence-electron chi connectivity index (χ2n) is 6.67. The smallest absolute Gasteiger partial charge is 0.221 e. The van der Waals surface area contributed by atoms with E-state index < -0.39 is 0 Å². The number of nitrogens with two attached hydrogens (primary N) is 1. The van der Waals surface area contributed by atoms with Crippen LogP contribution in [-0.4, -0.2) is 45.9 Å². The summed E-state index contributed by atoms with van der Waals surface area (Å²) < 4.78 is 7.45. The molecule has 0 bridgehead atoms. The first-order chi connectivity index (χ1) is 13.5. The molecule has 0 unspecified atom stereocenters. The van der Waals surface area contributed by atoms with Gasteiger partial charge in [0.15, 0.2) is 5.82 Å². The summed E-state index contributed by atoms with van der Waals surface area (Å²) in [4.78, 5) is 15.3. The van der Waals surface area contributed by atoms with E-state index in [1.165, 1.54) is 0 Å². The number of nitrogens with zero attached hydrogens (tertiary/aromatic N) is 6. The van der Waals surface area contributed by atoms with Gasteiger partial charge in [0.2, 0.25) is 5.95 Å². The van der Waals surface area contributed by atoms with Crippen molar-refractivity contribution in [1.29, 1.82) is 0 Å². The minimum absolute atomic E-state index is 0.192.